The molecule has 0 saturated heterocycles. The summed E-state index contributed by atoms with van der Waals surface area (Å²) in [5.74, 6) is -5.69. The molecule has 2 rings (SSSR count). The average Bonchev–Trinajstić information content (AvgIpc) is 3.29. The zero-order chi connectivity index (χ0) is 50.6. The van der Waals surface area contributed by atoms with Crippen LogP contribution in [0.5, 0.6) is 5.75 Å². The number of aliphatic imine (C=N–C) groups is 2. The van der Waals surface area contributed by atoms with Crippen LogP contribution in [-0.2, 0) is 46.4 Å². The molecule has 0 spiro atoms. The van der Waals surface area contributed by atoms with Crippen molar-refractivity contribution in [3.8, 4) is 5.75 Å². The summed E-state index contributed by atoms with van der Waals surface area (Å²) < 4.78 is 0. The maximum Gasteiger partial charge on any atom is 0.326 e. The molecule has 376 valence electrons. The SMILES string of the molecule is CSCC[C@H](NC(=O)[C@H](CCCCN)NC(=O)[C@H](Cc1ccccc1)NC(=O)[C@H](CCCN=C(N)N)NC(=O)[C@H](CCCN=C(N)N)NC(=O)[C@H](C)N)C(=O)N[C@@H](Cc1ccc(O)cc1)C(=O)O. The summed E-state index contributed by atoms with van der Waals surface area (Å²) in [7, 11) is 0. The van der Waals surface area contributed by atoms with E-state index in [1.165, 1.54) is 43.0 Å². The lowest BCUT2D eigenvalue weighted by atomic mass is 10.0. The molecule has 20 N–H and O–H groups in total. The van der Waals surface area contributed by atoms with Gasteiger partial charge in [-0.15, -0.1) is 0 Å². The number of hydrogen-bond donors (Lipinski definition) is 14. The van der Waals surface area contributed by atoms with E-state index in [1.807, 2.05) is 0 Å². The van der Waals surface area contributed by atoms with E-state index in [2.05, 4.69) is 41.9 Å². The highest BCUT2D eigenvalue weighted by Gasteiger charge is 2.33. The fourth-order valence-corrected chi connectivity index (χ4v) is 7.07. The topological polar surface area (TPSA) is 413 Å². The summed E-state index contributed by atoms with van der Waals surface area (Å²) in [5, 5.41) is 35.6. The summed E-state index contributed by atoms with van der Waals surface area (Å²) in [6.45, 7) is 1.95. The van der Waals surface area contributed by atoms with Gasteiger partial charge in [-0.05, 0) is 100 Å². The molecule has 0 bridgehead atoms. The molecule has 24 heteroatoms. The molecule has 0 unspecified atom stereocenters. The third-order valence-corrected chi connectivity index (χ3v) is 10.9. The number of hydrogen-bond acceptors (Lipinski definition) is 13. The third kappa shape index (κ3) is 22.7. The Kier molecular flexibility index (Phi) is 26.5. The highest BCUT2D eigenvalue weighted by atomic mass is 32.2. The molecule has 7 atom stereocenters. The smallest absolute Gasteiger partial charge is 0.326 e. The quantitative estimate of drug-likeness (QED) is 0.0205. The van der Waals surface area contributed by atoms with Crippen molar-refractivity contribution < 1.29 is 43.8 Å². The van der Waals surface area contributed by atoms with E-state index in [1.54, 1.807) is 36.6 Å². The van der Waals surface area contributed by atoms with Crippen LogP contribution >= 0.6 is 11.8 Å². The predicted octanol–water partition coefficient (Wildman–Crippen LogP) is -2.49. The van der Waals surface area contributed by atoms with Crippen LogP contribution < -0.4 is 66.3 Å². The second kappa shape index (κ2) is 31.3. The molecule has 0 aliphatic rings. The summed E-state index contributed by atoms with van der Waals surface area (Å²) in [4.78, 5) is 103. The number of amides is 6. The van der Waals surface area contributed by atoms with E-state index in [9.17, 15) is 43.8 Å². The van der Waals surface area contributed by atoms with Crippen molar-refractivity contribution in [1.29, 1.82) is 0 Å². The molecule has 0 heterocycles. The molecule has 2 aromatic rings. The summed E-state index contributed by atoms with van der Waals surface area (Å²) in [6.07, 6.45) is 3.22. The number of nitrogens with zero attached hydrogens (tertiary/aromatic N) is 2. The van der Waals surface area contributed by atoms with Gasteiger partial charge in [-0.1, -0.05) is 42.5 Å². The number of carbonyl (C=O) groups is 7. The van der Waals surface area contributed by atoms with Gasteiger partial charge in [0.2, 0.25) is 35.4 Å². The Morgan fingerprint density at radius 3 is 1.40 bits per heavy atom. The number of aliphatic carboxylic acids is 1. The lowest BCUT2D eigenvalue weighted by Gasteiger charge is -2.28. The molecule has 23 nitrogen and oxygen atoms in total. The maximum atomic E-state index is 14.4. The number of guanidine groups is 2. The van der Waals surface area contributed by atoms with Gasteiger partial charge in [0.15, 0.2) is 11.9 Å². The molecular formula is C44H70N14O9S. The van der Waals surface area contributed by atoms with Crippen LogP contribution in [0, 0.1) is 0 Å². The van der Waals surface area contributed by atoms with E-state index < -0.39 is 83.7 Å². The first-order valence-corrected chi connectivity index (χ1v) is 23.7. The van der Waals surface area contributed by atoms with Crippen molar-refractivity contribution in [3.05, 3.63) is 65.7 Å². The van der Waals surface area contributed by atoms with Crippen molar-refractivity contribution >= 4 is 65.1 Å². The fourth-order valence-electron chi connectivity index (χ4n) is 6.60. The Balaban J connectivity index is 2.46. The number of rotatable bonds is 32. The predicted molar refractivity (Wildman–Crippen MR) is 261 cm³/mol. The maximum absolute atomic E-state index is 14.4. The number of aromatic hydroxyl groups is 1. The molecule has 0 radical (unpaired) electrons. The monoisotopic (exact) mass is 971 g/mol. The van der Waals surface area contributed by atoms with Gasteiger partial charge in [0.1, 0.15) is 42.0 Å². The fraction of sp³-hybridized carbons (Fsp3) is 0.523. The second-order valence-corrected chi connectivity index (χ2v) is 17.0. The molecule has 0 aromatic heterocycles. The van der Waals surface area contributed by atoms with Gasteiger partial charge in [-0.3, -0.25) is 38.8 Å². The number of thioether (sulfide) groups is 1. The second-order valence-electron chi connectivity index (χ2n) is 16.0. The number of phenols is 1. The van der Waals surface area contributed by atoms with Crippen molar-refractivity contribution in [2.45, 2.75) is 113 Å². The Morgan fingerprint density at radius 2 is 0.956 bits per heavy atom. The largest absolute Gasteiger partial charge is 0.508 e. The highest BCUT2D eigenvalue weighted by molar-refractivity contribution is 7.98. The zero-order valence-electron chi connectivity index (χ0n) is 38.7. The minimum atomic E-state index is -1.38. The van der Waals surface area contributed by atoms with E-state index in [4.69, 9.17) is 34.4 Å². The van der Waals surface area contributed by atoms with Crippen LogP contribution in [0.4, 0.5) is 0 Å². The van der Waals surface area contributed by atoms with E-state index in [0.29, 0.717) is 29.7 Å². The standard InChI is InChI=1S/C44H70N14O9S/c1-26(46)36(60)53-31(13-8-21-51-43(47)48)38(62)54-32(14-9-22-52-44(49)50)39(63)57-34(24-27-10-4-3-5-11-27)41(65)55-30(12-6-7-20-45)37(61)56-33(19-23-68-2)40(64)58-35(42(66)67)25-28-15-17-29(59)18-16-28/h3-5,10-11,15-18,26,30-35,59H,6-9,12-14,19-25,45-46H2,1-2H3,(H,53,60)(H,54,62)(H,55,65)(H,56,61)(H,57,63)(H,58,64)(H,66,67)(H4,47,48,51)(H4,49,50,52)/t26-,30-,31-,32-,33-,34-,35-/m0/s1. The van der Waals surface area contributed by atoms with Gasteiger partial charge in [0.05, 0.1) is 6.04 Å². The molecule has 0 saturated carbocycles. The summed E-state index contributed by atoms with van der Waals surface area (Å²) in [6, 6.07) is 5.99. The van der Waals surface area contributed by atoms with Crippen molar-refractivity contribution in [2.24, 2.45) is 44.4 Å². The molecule has 0 fully saturated rings. The van der Waals surface area contributed by atoms with Crippen LogP contribution in [-0.4, -0.2) is 137 Å². The Bertz CT molecular complexity index is 1980. The van der Waals surface area contributed by atoms with Crippen LogP contribution in [0.3, 0.4) is 0 Å². The van der Waals surface area contributed by atoms with Gasteiger partial charge < -0.3 is 76.5 Å². The molecule has 6 amide bonds. The lowest BCUT2D eigenvalue weighted by Crippen LogP contribution is -2.60. The van der Waals surface area contributed by atoms with Gasteiger partial charge in [-0.25, -0.2) is 4.79 Å². The number of benzene rings is 2. The minimum absolute atomic E-state index is 0.0147. The third-order valence-electron chi connectivity index (χ3n) is 10.3. The number of carbonyl (C=O) groups excluding carboxylic acids is 6. The Labute approximate surface area is 400 Å². The van der Waals surface area contributed by atoms with Gasteiger partial charge >= 0.3 is 5.97 Å². The zero-order valence-corrected chi connectivity index (χ0v) is 39.5. The number of carboxylic acid groups (broad SMARTS) is 1. The van der Waals surface area contributed by atoms with Crippen molar-refractivity contribution in [3.63, 3.8) is 0 Å². The number of nitrogens with one attached hydrogen (secondary N) is 6. The molecule has 0 aliphatic carbocycles. The average molecular weight is 971 g/mol. The van der Waals surface area contributed by atoms with Gasteiger partial charge in [0, 0.05) is 25.9 Å². The van der Waals surface area contributed by atoms with E-state index in [-0.39, 0.29) is 88.7 Å². The molecular weight excluding hydrogens is 901 g/mol. The Morgan fingerprint density at radius 1 is 0.559 bits per heavy atom. The molecule has 0 aliphatic heterocycles. The minimum Gasteiger partial charge on any atom is -0.508 e. The van der Waals surface area contributed by atoms with Crippen LogP contribution in [0.15, 0.2) is 64.6 Å². The molecule has 2 aromatic carbocycles. The van der Waals surface area contributed by atoms with Crippen LogP contribution in [0.1, 0.15) is 69.4 Å². The van der Waals surface area contributed by atoms with Gasteiger partial charge in [0.25, 0.3) is 0 Å². The number of carboxylic acids is 1. The first kappa shape index (κ1) is 57.5. The molecule has 68 heavy (non-hydrogen) atoms. The summed E-state index contributed by atoms with van der Waals surface area (Å²) in [5.41, 5.74) is 34.6. The van der Waals surface area contributed by atoms with Gasteiger partial charge in [-0.2, -0.15) is 11.8 Å². The van der Waals surface area contributed by atoms with Crippen molar-refractivity contribution in [1.82, 2.24) is 31.9 Å². The number of phenolic OH excluding ortho intramolecular Hbond substituents is 1. The number of nitrogens with two attached hydrogens (primary N) is 6. The Hall–Kier alpha value is -6.66. The number of unbranched alkanes of at least 4 members (excludes halogenated alkanes) is 1. The van der Waals surface area contributed by atoms with Crippen molar-refractivity contribution in [2.75, 3.05) is 31.6 Å². The van der Waals surface area contributed by atoms with Crippen LogP contribution in [0.25, 0.3) is 0 Å². The van der Waals surface area contributed by atoms with E-state index in [0.717, 1.165) is 0 Å². The first-order valence-electron chi connectivity index (χ1n) is 22.3. The lowest BCUT2D eigenvalue weighted by molar-refractivity contribution is -0.142. The first-order chi connectivity index (χ1) is 32.3. The summed E-state index contributed by atoms with van der Waals surface area (Å²) >= 11 is 1.40. The van der Waals surface area contributed by atoms with Crippen LogP contribution in [0.2, 0.25) is 0 Å². The normalized spacial score (nSPS) is 13.9. The van der Waals surface area contributed by atoms with E-state index >= 15 is 0 Å². The highest BCUT2D eigenvalue weighted by Crippen LogP contribution is 2.13.